The lowest BCUT2D eigenvalue weighted by Crippen LogP contribution is -2.32. The molecule has 0 aliphatic carbocycles. The molecule has 1 fully saturated rings. The van der Waals surface area contributed by atoms with Gasteiger partial charge in [0.1, 0.15) is 11.9 Å². The second-order valence-corrected chi connectivity index (χ2v) is 6.70. The van der Waals surface area contributed by atoms with Gasteiger partial charge in [0.2, 0.25) is 0 Å². The molecule has 1 aromatic carbocycles. The largest absolute Gasteiger partial charge is 0.483 e. The zero-order valence-corrected chi connectivity index (χ0v) is 15.5. The summed E-state index contributed by atoms with van der Waals surface area (Å²) in [6.45, 7) is 6.74. The number of aryl methyl sites for hydroxylation is 3. The number of hydrogen-bond acceptors (Lipinski definition) is 5. The molecule has 3 rings (SSSR count). The normalized spacial score (nSPS) is 19.7. The molecule has 1 aliphatic heterocycles. The van der Waals surface area contributed by atoms with Crippen molar-refractivity contribution in [3.05, 3.63) is 34.9 Å². The number of carboxylic acid groups (broad SMARTS) is 2. The summed E-state index contributed by atoms with van der Waals surface area (Å²) in [5, 5.41) is 20.7. The van der Waals surface area contributed by atoms with E-state index < -0.39 is 12.0 Å². The number of anilines is 1. The third-order valence-electron chi connectivity index (χ3n) is 4.90. The fourth-order valence-corrected chi connectivity index (χ4v) is 3.37. The van der Waals surface area contributed by atoms with Crippen molar-refractivity contribution in [2.75, 3.05) is 18.9 Å². The Morgan fingerprint density at radius 2 is 1.96 bits per heavy atom. The highest BCUT2D eigenvalue weighted by Gasteiger charge is 2.34. The highest BCUT2D eigenvalue weighted by Crippen LogP contribution is 2.26. The quantitative estimate of drug-likeness (QED) is 0.723. The van der Waals surface area contributed by atoms with Gasteiger partial charge in [-0.25, -0.2) is 4.98 Å². The Balaban J connectivity index is 0.000000758. The third-order valence-corrected chi connectivity index (χ3v) is 4.90. The fourth-order valence-electron chi connectivity index (χ4n) is 3.37. The van der Waals surface area contributed by atoms with Crippen molar-refractivity contribution in [1.29, 1.82) is 0 Å². The number of carboxylic acids is 1. The van der Waals surface area contributed by atoms with Crippen LogP contribution < -0.4 is 5.32 Å². The van der Waals surface area contributed by atoms with Crippen LogP contribution in [-0.4, -0.2) is 58.2 Å². The summed E-state index contributed by atoms with van der Waals surface area (Å²) in [6.07, 6.45) is 0.595. The van der Waals surface area contributed by atoms with Crippen molar-refractivity contribution in [1.82, 2.24) is 9.88 Å². The Morgan fingerprint density at radius 3 is 2.54 bits per heavy atom. The molecule has 7 nitrogen and oxygen atoms in total. The van der Waals surface area contributed by atoms with E-state index in [0.717, 1.165) is 11.3 Å². The van der Waals surface area contributed by atoms with Crippen LogP contribution in [0.3, 0.4) is 0 Å². The summed E-state index contributed by atoms with van der Waals surface area (Å²) in [5.74, 6) is 0.0686. The standard InChI is InChI=1S/C18H23N3O2.CH2O2/c1-10-5-6-14-11(2)7-16(20-17(14)12(10)3)19-13-8-15(18(22)23)21(4)9-13;2-1-3/h5-7,13,15H,8-9H2,1-4H3,(H,19,20)(H,22,23);1H,(H,2,3)/t13-,15+;/m1./s1. The van der Waals surface area contributed by atoms with Crippen LogP contribution in [0, 0.1) is 20.8 Å². The van der Waals surface area contributed by atoms with Crippen LogP contribution in [0.25, 0.3) is 10.9 Å². The number of benzene rings is 1. The average molecular weight is 359 g/mol. The predicted molar refractivity (Wildman–Crippen MR) is 101 cm³/mol. The van der Waals surface area contributed by atoms with E-state index in [1.54, 1.807) is 0 Å². The number of likely N-dealkylation sites (tertiary alicyclic amines) is 1. The Morgan fingerprint density at radius 1 is 1.31 bits per heavy atom. The molecule has 2 aromatic rings. The molecule has 1 saturated heterocycles. The first-order valence-electron chi connectivity index (χ1n) is 8.43. The monoisotopic (exact) mass is 359 g/mol. The van der Waals surface area contributed by atoms with Crippen LogP contribution in [0.1, 0.15) is 23.1 Å². The van der Waals surface area contributed by atoms with Crippen LogP contribution in [0.4, 0.5) is 5.82 Å². The zero-order valence-electron chi connectivity index (χ0n) is 15.5. The molecule has 26 heavy (non-hydrogen) atoms. The second kappa shape index (κ2) is 8.14. The van der Waals surface area contributed by atoms with Gasteiger partial charge >= 0.3 is 5.97 Å². The molecule has 2 atom stereocenters. The number of pyridine rings is 1. The molecule has 1 aliphatic rings. The Bertz CT molecular complexity index is 822. The zero-order chi connectivity index (χ0) is 19.4. The summed E-state index contributed by atoms with van der Waals surface area (Å²) >= 11 is 0. The molecule has 0 spiro atoms. The molecule has 0 saturated carbocycles. The number of likely N-dealkylation sites (N-methyl/N-ethyl adjacent to an activating group) is 1. The molecular formula is C19H25N3O4. The number of aliphatic carboxylic acids is 1. The molecule has 0 radical (unpaired) electrons. The minimum Gasteiger partial charge on any atom is -0.483 e. The van der Waals surface area contributed by atoms with Gasteiger partial charge in [-0.1, -0.05) is 12.1 Å². The van der Waals surface area contributed by atoms with Gasteiger partial charge in [-0.2, -0.15) is 0 Å². The molecule has 2 heterocycles. The van der Waals surface area contributed by atoms with Crippen LogP contribution in [0.2, 0.25) is 0 Å². The lowest BCUT2D eigenvalue weighted by molar-refractivity contribution is -0.141. The molecule has 7 heteroatoms. The van der Waals surface area contributed by atoms with Crippen LogP contribution in [0.5, 0.6) is 0 Å². The Labute approximate surface area is 152 Å². The van der Waals surface area contributed by atoms with Crippen molar-refractivity contribution in [2.24, 2.45) is 0 Å². The number of aromatic nitrogens is 1. The average Bonchev–Trinajstić information content (AvgIpc) is 2.93. The predicted octanol–water partition coefficient (Wildman–Crippen LogP) is 2.43. The van der Waals surface area contributed by atoms with E-state index in [1.165, 1.54) is 22.1 Å². The number of carbonyl (C=O) groups is 2. The van der Waals surface area contributed by atoms with Crippen molar-refractivity contribution >= 4 is 29.2 Å². The fraction of sp³-hybridized carbons (Fsp3) is 0.421. The van der Waals surface area contributed by atoms with Crippen molar-refractivity contribution < 1.29 is 19.8 Å². The van der Waals surface area contributed by atoms with Crippen molar-refractivity contribution in [3.63, 3.8) is 0 Å². The van der Waals surface area contributed by atoms with Crippen LogP contribution >= 0.6 is 0 Å². The lowest BCUT2D eigenvalue weighted by Gasteiger charge is -2.16. The van der Waals surface area contributed by atoms with Gasteiger partial charge in [-0.3, -0.25) is 14.5 Å². The van der Waals surface area contributed by atoms with E-state index in [4.69, 9.17) is 14.9 Å². The van der Waals surface area contributed by atoms with Gasteiger partial charge in [0.05, 0.1) is 5.52 Å². The minimum atomic E-state index is -0.758. The summed E-state index contributed by atoms with van der Waals surface area (Å²) < 4.78 is 0. The van der Waals surface area contributed by atoms with Gasteiger partial charge in [-0.05, 0) is 57.0 Å². The maximum absolute atomic E-state index is 11.2. The topological polar surface area (TPSA) is 103 Å². The Hall–Kier alpha value is -2.67. The minimum absolute atomic E-state index is 0.107. The maximum Gasteiger partial charge on any atom is 0.320 e. The first-order chi connectivity index (χ1) is 12.3. The molecule has 1 aromatic heterocycles. The first kappa shape index (κ1) is 19.7. The highest BCUT2D eigenvalue weighted by molar-refractivity contribution is 5.87. The second-order valence-electron chi connectivity index (χ2n) is 6.70. The SMILES string of the molecule is Cc1ccc2c(C)cc(N[C@@H]3C[C@@H](C(=O)O)N(C)C3)nc2c1C.O=CO. The molecule has 0 amide bonds. The van der Waals surface area contributed by atoms with E-state index in [1.807, 2.05) is 18.0 Å². The van der Waals surface area contributed by atoms with Crippen LogP contribution in [0.15, 0.2) is 18.2 Å². The van der Waals surface area contributed by atoms with Gasteiger partial charge in [-0.15, -0.1) is 0 Å². The summed E-state index contributed by atoms with van der Waals surface area (Å²) in [7, 11) is 1.85. The molecule has 140 valence electrons. The van der Waals surface area contributed by atoms with E-state index >= 15 is 0 Å². The summed E-state index contributed by atoms with van der Waals surface area (Å²) in [5.41, 5.74) is 4.63. The smallest absolute Gasteiger partial charge is 0.320 e. The molecular weight excluding hydrogens is 334 g/mol. The lowest BCUT2D eigenvalue weighted by atomic mass is 10.0. The number of nitrogens with one attached hydrogen (secondary N) is 1. The highest BCUT2D eigenvalue weighted by atomic mass is 16.4. The van der Waals surface area contributed by atoms with Crippen LogP contribution in [-0.2, 0) is 9.59 Å². The summed E-state index contributed by atoms with van der Waals surface area (Å²) in [6, 6.07) is 5.98. The maximum atomic E-state index is 11.2. The molecule has 0 bridgehead atoms. The van der Waals surface area contributed by atoms with Gasteiger partial charge in [0, 0.05) is 18.0 Å². The van der Waals surface area contributed by atoms with E-state index in [-0.39, 0.29) is 12.5 Å². The number of hydrogen-bond donors (Lipinski definition) is 3. The number of rotatable bonds is 3. The van der Waals surface area contributed by atoms with Gasteiger partial charge in [0.25, 0.3) is 6.47 Å². The number of nitrogens with zero attached hydrogens (tertiary/aromatic N) is 2. The van der Waals surface area contributed by atoms with Gasteiger partial charge in [0.15, 0.2) is 0 Å². The molecule has 0 unspecified atom stereocenters. The van der Waals surface area contributed by atoms with E-state index in [0.29, 0.717) is 13.0 Å². The van der Waals surface area contributed by atoms with E-state index in [9.17, 15) is 9.90 Å². The van der Waals surface area contributed by atoms with E-state index in [2.05, 4.69) is 38.2 Å². The summed E-state index contributed by atoms with van der Waals surface area (Å²) in [4.78, 5) is 26.3. The Kier molecular flexibility index (Phi) is 6.15. The first-order valence-corrected chi connectivity index (χ1v) is 8.43. The van der Waals surface area contributed by atoms with Crippen molar-refractivity contribution in [3.8, 4) is 0 Å². The van der Waals surface area contributed by atoms with Crippen molar-refractivity contribution in [2.45, 2.75) is 39.3 Å². The van der Waals surface area contributed by atoms with Gasteiger partial charge < -0.3 is 15.5 Å². The third kappa shape index (κ3) is 4.11. The number of fused-ring (bicyclic) bond motifs is 1. The molecule has 3 N–H and O–H groups in total.